The number of aromatic nitrogens is 1. The summed E-state index contributed by atoms with van der Waals surface area (Å²) >= 11 is 0. The van der Waals surface area contributed by atoms with E-state index >= 15 is 0 Å². The number of carbonyl (C=O) groups is 1. The molecule has 5 heteroatoms. The minimum Gasteiger partial charge on any atom is -0.478 e. The number of pyridine rings is 1. The first-order valence-corrected chi connectivity index (χ1v) is 6.16. The first kappa shape index (κ1) is 14.1. The van der Waals surface area contributed by atoms with Gasteiger partial charge in [-0.3, -0.25) is 9.88 Å². The zero-order valence-electron chi connectivity index (χ0n) is 11.1. The Bertz CT molecular complexity index is 599. The van der Waals surface area contributed by atoms with Crippen molar-refractivity contribution in [2.45, 2.75) is 13.1 Å². The highest BCUT2D eigenvalue weighted by molar-refractivity contribution is 5.87. The summed E-state index contributed by atoms with van der Waals surface area (Å²) in [6.07, 6.45) is 1.33. The molecule has 0 bridgehead atoms. The average Bonchev–Trinajstić information content (AvgIpc) is 2.42. The summed E-state index contributed by atoms with van der Waals surface area (Å²) < 4.78 is 13.5. The van der Waals surface area contributed by atoms with Gasteiger partial charge in [-0.25, -0.2) is 9.18 Å². The fraction of sp³-hybridized carbons (Fsp3) is 0.200. The molecule has 0 aliphatic carbocycles. The second kappa shape index (κ2) is 6.25. The normalized spacial score (nSPS) is 10.8. The molecule has 0 aliphatic heterocycles. The van der Waals surface area contributed by atoms with E-state index in [1.54, 1.807) is 24.3 Å². The Hall–Kier alpha value is -2.27. The number of halogens is 1. The van der Waals surface area contributed by atoms with Gasteiger partial charge in [0.25, 0.3) is 0 Å². The van der Waals surface area contributed by atoms with Crippen LogP contribution in [0.25, 0.3) is 0 Å². The number of carboxylic acids is 1. The number of benzene rings is 1. The van der Waals surface area contributed by atoms with Crippen LogP contribution in [0.3, 0.4) is 0 Å². The van der Waals surface area contributed by atoms with Crippen molar-refractivity contribution in [2.24, 2.45) is 0 Å². The molecule has 1 aromatic carbocycles. The molecular formula is C15H15FN2O2. The van der Waals surface area contributed by atoms with Crippen LogP contribution in [0.4, 0.5) is 4.39 Å². The number of rotatable bonds is 5. The van der Waals surface area contributed by atoms with E-state index in [9.17, 15) is 9.18 Å². The molecule has 0 unspecified atom stereocenters. The molecule has 0 spiro atoms. The van der Waals surface area contributed by atoms with Gasteiger partial charge in [0.05, 0.1) is 11.3 Å². The maximum absolute atomic E-state index is 13.5. The number of hydrogen-bond donors (Lipinski definition) is 1. The molecule has 0 radical (unpaired) electrons. The summed E-state index contributed by atoms with van der Waals surface area (Å²) in [5.41, 5.74) is 1.52. The van der Waals surface area contributed by atoms with E-state index in [-0.39, 0.29) is 11.4 Å². The summed E-state index contributed by atoms with van der Waals surface area (Å²) in [5, 5.41) is 8.79. The van der Waals surface area contributed by atoms with Gasteiger partial charge in [0, 0.05) is 24.8 Å². The quantitative estimate of drug-likeness (QED) is 0.910. The van der Waals surface area contributed by atoms with Crippen LogP contribution >= 0.6 is 0 Å². The van der Waals surface area contributed by atoms with Gasteiger partial charge in [0.15, 0.2) is 0 Å². The second-order valence-corrected chi connectivity index (χ2v) is 4.61. The Morgan fingerprint density at radius 1 is 1.25 bits per heavy atom. The molecule has 2 aromatic rings. The number of nitrogens with zero attached hydrogens (tertiary/aromatic N) is 2. The minimum absolute atomic E-state index is 0.158. The largest absolute Gasteiger partial charge is 0.478 e. The lowest BCUT2D eigenvalue weighted by Gasteiger charge is -2.16. The van der Waals surface area contributed by atoms with E-state index in [2.05, 4.69) is 4.98 Å². The Morgan fingerprint density at radius 2 is 2.00 bits per heavy atom. The lowest BCUT2D eigenvalue weighted by molar-refractivity contribution is 0.0696. The standard InChI is InChI=1S/C15H15FN2O2/c1-18(9-12-4-2-3-5-14(12)16)10-13-7-6-11(8-17-13)15(19)20/h2-8H,9-10H2,1H3,(H,19,20). The molecule has 0 amide bonds. The topological polar surface area (TPSA) is 53.4 Å². The highest BCUT2D eigenvalue weighted by atomic mass is 19.1. The van der Waals surface area contributed by atoms with Crippen molar-refractivity contribution < 1.29 is 14.3 Å². The van der Waals surface area contributed by atoms with Gasteiger partial charge in [0.1, 0.15) is 5.82 Å². The third kappa shape index (κ3) is 3.61. The van der Waals surface area contributed by atoms with Gasteiger partial charge in [-0.1, -0.05) is 18.2 Å². The van der Waals surface area contributed by atoms with Crippen LogP contribution < -0.4 is 0 Å². The first-order valence-electron chi connectivity index (χ1n) is 6.16. The molecule has 0 atom stereocenters. The predicted molar refractivity (Wildman–Crippen MR) is 72.8 cm³/mol. The summed E-state index contributed by atoms with van der Waals surface area (Å²) in [6, 6.07) is 9.82. The van der Waals surface area contributed by atoms with Crippen molar-refractivity contribution >= 4 is 5.97 Å². The third-order valence-electron chi connectivity index (χ3n) is 2.90. The molecule has 104 valence electrons. The zero-order chi connectivity index (χ0) is 14.5. The SMILES string of the molecule is CN(Cc1ccc(C(=O)O)cn1)Cc1ccccc1F. The van der Waals surface area contributed by atoms with E-state index in [0.29, 0.717) is 18.7 Å². The molecule has 0 saturated heterocycles. The zero-order valence-corrected chi connectivity index (χ0v) is 11.1. The van der Waals surface area contributed by atoms with E-state index in [4.69, 9.17) is 5.11 Å². The maximum Gasteiger partial charge on any atom is 0.337 e. The molecular weight excluding hydrogens is 259 g/mol. The maximum atomic E-state index is 13.5. The van der Waals surface area contributed by atoms with E-state index in [1.807, 2.05) is 11.9 Å². The summed E-state index contributed by atoms with van der Waals surface area (Å²) in [7, 11) is 1.86. The van der Waals surface area contributed by atoms with Crippen LogP contribution in [0.5, 0.6) is 0 Å². The molecule has 0 saturated carbocycles. The Balaban J connectivity index is 1.99. The van der Waals surface area contributed by atoms with Crippen LogP contribution in [0, 0.1) is 5.82 Å². The molecule has 4 nitrogen and oxygen atoms in total. The molecule has 1 N–H and O–H groups in total. The summed E-state index contributed by atoms with van der Waals surface area (Å²) in [4.78, 5) is 16.7. The summed E-state index contributed by atoms with van der Waals surface area (Å²) in [5.74, 6) is -1.22. The van der Waals surface area contributed by atoms with Gasteiger partial charge in [-0.2, -0.15) is 0 Å². The molecule has 0 aliphatic rings. The first-order chi connectivity index (χ1) is 9.56. The number of aromatic carboxylic acids is 1. The molecule has 1 heterocycles. The van der Waals surface area contributed by atoms with Gasteiger partial charge in [0.2, 0.25) is 0 Å². The fourth-order valence-corrected chi connectivity index (χ4v) is 1.89. The average molecular weight is 274 g/mol. The molecule has 0 fully saturated rings. The molecule has 1 aromatic heterocycles. The van der Waals surface area contributed by atoms with Crippen LogP contribution in [0.1, 0.15) is 21.6 Å². The number of carboxylic acid groups (broad SMARTS) is 1. The van der Waals surface area contributed by atoms with Gasteiger partial charge in [-0.05, 0) is 25.2 Å². The van der Waals surface area contributed by atoms with Gasteiger partial charge >= 0.3 is 5.97 Å². The Kier molecular flexibility index (Phi) is 4.42. The Morgan fingerprint density at radius 3 is 2.60 bits per heavy atom. The summed E-state index contributed by atoms with van der Waals surface area (Å²) in [6.45, 7) is 0.989. The third-order valence-corrected chi connectivity index (χ3v) is 2.90. The predicted octanol–water partition coefficient (Wildman–Crippen LogP) is 2.55. The van der Waals surface area contributed by atoms with Crippen molar-refractivity contribution in [1.29, 1.82) is 0 Å². The molecule has 20 heavy (non-hydrogen) atoms. The van der Waals surface area contributed by atoms with E-state index in [0.717, 1.165) is 5.69 Å². The lowest BCUT2D eigenvalue weighted by atomic mass is 10.2. The fourth-order valence-electron chi connectivity index (χ4n) is 1.89. The van der Waals surface area contributed by atoms with Crippen molar-refractivity contribution in [2.75, 3.05) is 7.05 Å². The smallest absolute Gasteiger partial charge is 0.337 e. The Labute approximate surface area is 116 Å². The monoisotopic (exact) mass is 274 g/mol. The van der Waals surface area contributed by atoms with Crippen LogP contribution in [0.2, 0.25) is 0 Å². The van der Waals surface area contributed by atoms with Crippen molar-refractivity contribution in [3.63, 3.8) is 0 Å². The van der Waals surface area contributed by atoms with Crippen LogP contribution in [-0.2, 0) is 13.1 Å². The lowest BCUT2D eigenvalue weighted by Crippen LogP contribution is -2.18. The van der Waals surface area contributed by atoms with Gasteiger partial charge in [-0.15, -0.1) is 0 Å². The highest BCUT2D eigenvalue weighted by Crippen LogP contribution is 2.11. The van der Waals surface area contributed by atoms with Crippen molar-refractivity contribution in [1.82, 2.24) is 9.88 Å². The highest BCUT2D eigenvalue weighted by Gasteiger charge is 2.07. The van der Waals surface area contributed by atoms with Crippen LogP contribution in [0.15, 0.2) is 42.6 Å². The van der Waals surface area contributed by atoms with Gasteiger partial charge < -0.3 is 5.11 Å². The van der Waals surface area contributed by atoms with Crippen molar-refractivity contribution in [3.05, 3.63) is 65.2 Å². The minimum atomic E-state index is -0.997. The van der Waals surface area contributed by atoms with Crippen LogP contribution in [-0.4, -0.2) is 28.0 Å². The number of hydrogen-bond acceptors (Lipinski definition) is 3. The van der Waals surface area contributed by atoms with Crippen molar-refractivity contribution in [3.8, 4) is 0 Å². The second-order valence-electron chi connectivity index (χ2n) is 4.61. The molecule has 2 rings (SSSR count). The van der Waals surface area contributed by atoms with E-state index < -0.39 is 5.97 Å². The van der Waals surface area contributed by atoms with E-state index in [1.165, 1.54) is 18.3 Å².